The SMILES string of the molecule is O=C([C@@H](CCl)[C@@H](O)c1cccc([N+](=O)[O-])c1)n1c(=O)oc2ccccc21. The van der Waals surface area contributed by atoms with Crippen LogP contribution in [0.1, 0.15) is 16.5 Å². The third-order valence-corrected chi connectivity index (χ3v) is 4.33. The summed E-state index contributed by atoms with van der Waals surface area (Å²) in [4.78, 5) is 35.2. The second kappa shape index (κ2) is 7.11. The molecule has 0 aliphatic heterocycles. The Morgan fingerprint density at radius 3 is 2.69 bits per heavy atom. The normalized spacial score (nSPS) is 13.5. The number of nitrogens with zero attached hydrogens (tertiary/aromatic N) is 2. The van der Waals surface area contributed by atoms with Gasteiger partial charge < -0.3 is 9.52 Å². The average molecular weight is 377 g/mol. The number of aromatic nitrogens is 1. The van der Waals surface area contributed by atoms with Gasteiger partial charge in [-0.3, -0.25) is 14.9 Å². The summed E-state index contributed by atoms with van der Waals surface area (Å²) in [5.74, 6) is -3.14. The van der Waals surface area contributed by atoms with E-state index in [1.165, 1.54) is 30.3 Å². The number of hydrogen-bond acceptors (Lipinski definition) is 6. The number of alkyl halides is 1. The zero-order valence-electron chi connectivity index (χ0n) is 13.2. The molecule has 0 unspecified atom stereocenters. The summed E-state index contributed by atoms with van der Waals surface area (Å²) in [7, 11) is 0. The summed E-state index contributed by atoms with van der Waals surface area (Å²) in [6.45, 7) is 0. The van der Waals surface area contributed by atoms with Gasteiger partial charge in [0.1, 0.15) is 0 Å². The standard InChI is InChI=1S/C17H13ClN2O6/c18-9-12(15(21)10-4-3-5-11(8-10)20(24)25)16(22)19-13-6-1-2-7-14(13)26-17(19)23/h1-8,12,15,21H,9H2/t12-,15-/m0/s1. The van der Waals surface area contributed by atoms with E-state index in [0.717, 1.165) is 10.6 Å². The van der Waals surface area contributed by atoms with Crippen molar-refractivity contribution < 1.29 is 19.2 Å². The molecule has 0 aliphatic rings. The predicted molar refractivity (Wildman–Crippen MR) is 93.4 cm³/mol. The van der Waals surface area contributed by atoms with E-state index in [4.69, 9.17) is 16.0 Å². The van der Waals surface area contributed by atoms with Gasteiger partial charge in [-0.05, 0) is 17.7 Å². The van der Waals surface area contributed by atoms with E-state index < -0.39 is 28.6 Å². The van der Waals surface area contributed by atoms with Crippen molar-refractivity contribution in [1.29, 1.82) is 0 Å². The maximum Gasteiger partial charge on any atom is 0.426 e. The van der Waals surface area contributed by atoms with E-state index in [1.54, 1.807) is 12.1 Å². The van der Waals surface area contributed by atoms with Crippen LogP contribution in [0.3, 0.4) is 0 Å². The molecular formula is C17H13ClN2O6. The smallest absolute Gasteiger partial charge is 0.407 e. The molecule has 0 aliphatic carbocycles. The Morgan fingerprint density at radius 1 is 1.27 bits per heavy atom. The van der Waals surface area contributed by atoms with Crippen LogP contribution in [0, 0.1) is 16.0 Å². The van der Waals surface area contributed by atoms with E-state index in [2.05, 4.69) is 0 Å². The number of benzene rings is 2. The molecule has 3 rings (SSSR count). The molecule has 9 heteroatoms. The number of carbonyl (C=O) groups is 1. The van der Waals surface area contributed by atoms with E-state index in [9.17, 15) is 24.8 Å². The highest BCUT2D eigenvalue weighted by molar-refractivity contribution is 6.19. The lowest BCUT2D eigenvalue weighted by atomic mass is 9.96. The Morgan fingerprint density at radius 2 is 2.00 bits per heavy atom. The lowest BCUT2D eigenvalue weighted by Gasteiger charge is -2.19. The monoisotopic (exact) mass is 376 g/mol. The highest BCUT2D eigenvalue weighted by atomic mass is 35.5. The highest BCUT2D eigenvalue weighted by Crippen LogP contribution is 2.28. The number of nitro groups is 1. The van der Waals surface area contributed by atoms with E-state index in [1.807, 2.05) is 0 Å². The van der Waals surface area contributed by atoms with Crippen LogP contribution in [-0.2, 0) is 0 Å². The number of aliphatic hydroxyl groups is 1. The first-order valence-electron chi connectivity index (χ1n) is 7.57. The minimum absolute atomic E-state index is 0.152. The first kappa shape index (κ1) is 17.8. The summed E-state index contributed by atoms with van der Waals surface area (Å²) in [6, 6.07) is 11.6. The fourth-order valence-electron chi connectivity index (χ4n) is 2.68. The Labute approximate surface area is 151 Å². The summed E-state index contributed by atoms with van der Waals surface area (Å²) in [5.41, 5.74) is 0.403. The topological polar surface area (TPSA) is 116 Å². The molecule has 0 bridgehead atoms. The van der Waals surface area contributed by atoms with E-state index >= 15 is 0 Å². The second-order valence-corrected chi connectivity index (χ2v) is 5.88. The summed E-state index contributed by atoms with van der Waals surface area (Å²) in [5, 5.41) is 21.4. The van der Waals surface area contributed by atoms with Gasteiger partial charge in [-0.25, -0.2) is 9.36 Å². The number of aliphatic hydroxyl groups excluding tert-OH is 1. The second-order valence-electron chi connectivity index (χ2n) is 5.57. The molecule has 0 spiro atoms. The van der Waals surface area contributed by atoms with Crippen molar-refractivity contribution in [2.24, 2.45) is 5.92 Å². The quantitative estimate of drug-likeness (QED) is 0.416. The number of carbonyl (C=O) groups excluding carboxylic acids is 1. The Kier molecular flexibility index (Phi) is 4.88. The fourth-order valence-corrected chi connectivity index (χ4v) is 2.98. The molecule has 2 atom stereocenters. The summed E-state index contributed by atoms with van der Waals surface area (Å²) >= 11 is 5.87. The number of oxazole rings is 1. The Hall–Kier alpha value is -2.97. The third kappa shape index (κ3) is 3.12. The lowest BCUT2D eigenvalue weighted by Crippen LogP contribution is -2.33. The zero-order chi connectivity index (χ0) is 18.8. The average Bonchev–Trinajstić information content (AvgIpc) is 2.97. The van der Waals surface area contributed by atoms with Crippen LogP contribution in [0.25, 0.3) is 11.1 Å². The molecule has 0 radical (unpaired) electrons. The van der Waals surface area contributed by atoms with Crippen LogP contribution in [0.5, 0.6) is 0 Å². The molecule has 0 saturated carbocycles. The van der Waals surface area contributed by atoms with Gasteiger partial charge in [-0.15, -0.1) is 11.6 Å². The predicted octanol–water partition coefficient (Wildman–Crippen LogP) is 2.73. The summed E-state index contributed by atoms with van der Waals surface area (Å²) in [6.07, 6.45) is -1.43. The largest absolute Gasteiger partial charge is 0.426 e. The number of fused-ring (bicyclic) bond motifs is 1. The molecule has 8 nitrogen and oxygen atoms in total. The van der Waals surface area contributed by atoms with Crippen molar-refractivity contribution in [2.45, 2.75) is 6.10 Å². The van der Waals surface area contributed by atoms with Gasteiger partial charge >= 0.3 is 5.76 Å². The molecule has 26 heavy (non-hydrogen) atoms. The van der Waals surface area contributed by atoms with Crippen LogP contribution < -0.4 is 5.76 Å². The van der Waals surface area contributed by atoms with Gasteiger partial charge in [0, 0.05) is 18.0 Å². The zero-order valence-corrected chi connectivity index (χ0v) is 14.0. The minimum atomic E-state index is -1.43. The first-order valence-corrected chi connectivity index (χ1v) is 8.10. The van der Waals surface area contributed by atoms with Gasteiger partial charge in [0.25, 0.3) is 5.69 Å². The molecule has 1 aromatic heterocycles. The summed E-state index contributed by atoms with van der Waals surface area (Å²) < 4.78 is 5.83. The molecule has 0 fully saturated rings. The number of hydrogen-bond donors (Lipinski definition) is 1. The molecular weight excluding hydrogens is 364 g/mol. The maximum atomic E-state index is 12.8. The number of rotatable bonds is 5. The fraction of sp³-hybridized carbons (Fsp3) is 0.176. The molecule has 3 aromatic rings. The number of halogens is 1. The van der Waals surface area contributed by atoms with Crippen molar-refractivity contribution in [3.8, 4) is 0 Å². The third-order valence-electron chi connectivity index (χ3n) is 3.99. The molecule has 0 amide bonds. The van der Waals surface area contributed by atoms with Crippen molar-refractivity contribution >= 4 is 34.3 Å². The Bertz CT molecular complexity index is 1040. The molecule has 1 N–H and O–H groups in total. The Balaban J connectivity index is 2.01. The van der Waals surface area contributed by atoms with Crippen LogP contribution in [0.15, 0.2) is 57.7 Å². The number of non-ortho nitro benzene ring substituents is 1. The van der Waals surface area contributed by atoms with Gasteiger partial charge in [-0.1, -0.05) is 24.3 Å². The van der Waals surface area contributed by atoms with Crippen LogP contribution in [0.4, 0.5) is 5.69 Å². The molecule has 1 heterocycles. The van der Waals surface area contributed by atoms with Crippen LogP contribution in [-0.4, -0.2) is 26.4 Å². The van der Waals surface area contributed by atoms with Crippen LogP contribution in [0.2, 0.25) is 0 Å². The first-order chi connectivity index (χ1) is 12.4. The van der Waals surface area contributed by atoms with E-state index in [0.29, 0.717) is 0 Å². The lowest BCUT2D eigenvalue weighted by molar-refractivity contribution is -0.385. The van der Waals surface area contributed by atoms with Gasteiger partial charge in [-0.2, -0.15) is 0 Å². The van der Waals surface area contributed by atoms with Crippen molar-refractivity contribution in [2.75, 3.05) is 5.88 Å². The van der Waals surface area contributed by atoms with E-state index in [-0.39, 0.29) is 28.2 Å². The number of para-hydroxylation sites is 2. The van der Waals surface area contributed by atoms with Crippen molar-refractivity contribution in [3.05, 3.63) is 74.8 Å². The van der Waals surface area contributed by atoms with Gasteiger partial charge in [0.15, 0.2) is 5.58 Å². The number of nitro benzene ring substituents is 1. The highest BCUT2D eigenvalue weighted by Gasteiger charge is 2.31. The maximum absolute atomic E-state index is 12.8. The van der Waals surface area contributed by atoms with Gasteiger partial charge in [0.2, 0.25) is 5.91 Å². The van der Waals surface area contributed by atoms with Crippen LogP contribution >= 0.6 is 11.6 Å². The molecule has 0 saturated heterocycles. The molecule has 2 aromatic carbocycles. The van der Waals surface area contributed by atoms with Gasteiger partial charge in [0.05, 0.1) is 22.5 Å². The van der Waals surface area contributed by atoms with Crippen molar-refractivity contribution in [1.82, 2.24) is 4.57 Å². The minimum Gasteiger partial charge on any atom is -0.407 e. The van der Waals surface area contributed by atoms with Crippen molar-refractivity contribution in [3.63, 3.8) is 0 Å². The molecule has 134 valence electrons.